The first-order chi connectivity index (χ1) is 12.7. The molecule has 4 rings (SSSR count). The minimum Gasteiger partial charge on any atom is -0.356 e. The maximum atomic E-state index is 13.0. The van der Waals surface area contributed by atoms with Crippen LogP contribution in [0.3, 0.4) is 0 Å². The van der Waals surface area contributed by atoms with Gasteiger partial charge in [0.15, 0.2) is 5.16 Å². The molecule has 0 saturated carbocycles. The van der Waals surface area contributed by atoms with E-state index in [4.69, 9.17) is 0 Å². The molecule has 2 aliphatic heterocycles. The van der Waals surface area contributed by atoms with E-state index in [2.05, 4.69) is 44.0 Å². The van der Waals surface area contributed by atoms with Crippen LogP contribution >= 0.6 is 11.8 Å². The Hall–Kier alpha value is -2.08. The van der Waals surface area contributed by atoms with Gasteiger partial charge in [-0.05, 0) is 42.7 Å². The summed E-state index contributed by atoms with van der Waals surface area (Å²) in [6.07, 6.45) is 6.57. The van der Waals surface area contributed by atoms with Gasteiger partial charge in [0.05, 0.1) is 0 Å². The summed E-state index contributed by atoms with van der Waals surface area (Å²) in [5.74, 6) is 1.44. The highest BCUT2D eigenvalue weighted by atomic mass is 32.2. The third-order valence-corrected chi connectivity index (χ3v) is 5.97. The van der Waals surface area contributed by atoms with Crippen molar-refractivity contribution in [1.29, 1.82) is 0 Å². The van der Waals surface area contributed by atoms with E-state index in [1.165, 1.54) is 11.1 Å². The number of aromatic nitrogens is 2. The van der Waals surface area contributed by atoms with E-state index in [1.807, 2.05) is 18.5 Å². The number of carbonyl (C=O) groups excluding carboxylic acids is 1. The minimum absolute atomic E-state index is 0.137. The molecule has 2 aliphatic rings. The van der Waals surface area contributed by atoms with E-state index in [1.54, 1.807) is 11.8 Å². The van der Waals surface area contributed by atoms with Crippen molar-refractivity contribution in [3.63, 3.8) is 0 Å². The molecule has 1 saturated heterocycles. The Labute approximate surface area is 158 Å². The number of anilines is 1. The number of benzene rings is 1. The van der Waals surface area contributed by atoms with E-state index in [9.17, 15) is 4.79 Å². The molecule has 5 nitrogen and oxygen atoms in total. The topological polar surface area (TPSA) is 49.3 Å². The smallest absolute Gasteiger partial charge is 0.226 e. The number of hydrogen-bond acceptors (Lipinski definition) is 5. The lowest BCUT2D eigenvalue weighted by Gasteiger charge is -2.36. The molecular weight excluding hydrogens is 344 g/mol. The molecule has 3 heterocycles. The molecule has 1 aromatic heterocycles. The molecule has 0 N–H and O–H groups in total. The normalized spacial score (nSPS) is 17.9. The van der Waals surface area contributed by atoms with Gasteiger partial charge in [0.2, 0.25) is 5.91 Å². The number of rotatable bonds is 3. The summed E-state index contributed by atoms with van der Waals surface area (Å²) < 4.78 is 0. The molecule has 0 atom stereocenters. The van der Waals surface area contributed by atoms with Crippen LogP contribution in [0.5, 0.6) is 0 Å². The second-order valence-corrected chi connectivity index (χ2v) is 7.71. The van der Waals surface area contributed by atoms with E-state index in [0.29, 0.717) is 5.91 Å². The zero-order chi connectivity index (χ0) is 17.9. The molecule has 2 aromatic rings. The highest BCUT2D eigenvalue weighted by Gasteiger charge is 2.30. The molecule has 136 valence electrons. The van der Waals surface area contributed by atoms with Crippen molar-refractivity contribution >= 4 is 23.5 Å². The fraction of sp³-hybridized carbons (Fsp3) is 0.450. The van der Waals surface area contributed by atoms with E-state index in [0.717, 1.165) is 56.4 Å². The largest absolute Gasteiger partial charge is 0.356 e. The van der Waals surface area contributed by atoms with Gasteiger partial charge >= 0.3 is 0 Å². The predicted molar refractivity (Wildman–Crippen MR) is 104 cm³/mol. The minimum atomic E-state index is 0.137. The standard InChI is InChI=1S/C20H24N4OS/c1-26-20-21-10-6-18(22-20)23-11-8-16(9-12-23)19(25)24-13-7-15-4-2-3-5-17(15)14-24/h2-6,10,16H,7-9,11-14H2,1H3. The summed E-state index contributed by atoms with van der Waals surface area (Å²) in [6.45, 7) is 3.37. The molecule has 0 radical (unpaired) electrons. The molecule has 0 unspecified atom stereocenters. The molecule has 1 amide bonds. The molecule has 0 aliphatic carbocycles. The van der Waals surface area contributed by atoms with Gasteiger partial charge in [-0.25, -0.2) is 9.97 Å². The summed E-state index contributed by atoms with van der Waals surface area (Å²) in [5.41, 5.74) is 2.69. The van der Waals surface area contributed by atoms with Gasteiger partial charge in [-0.15, -0.1) is 0 Å². The van der Waals surface area contributed by atoms with E-state index in [-0.39, 0.29) is 5.92 Å². The fourth-order valence-electron chi connectivity index (χ4n) is 3.90. The maximum Gasteiger partial charge on any atom is 0.226 e. The van der Waals surface area contributed by atoms with Crippen LogP contribution in [-0.2, 0) is 17.8 Å². The van der Waals surface area contributed by atoms with Crippen LogP contribution in [-0.4, -0.2) is 46.7 Å². The monoisotopic (exact) mass is 368 g/mol. The zero-order valence-electron chi connectivity index (χ0n) is 15.1. The molecule has 26 heavy (non-hydrogen) atoms. The van der Waals surface area contributed by atoms with Crippen LogP contribution in [0.2, 0.25) is 0 Å². The highest BCUT2D eigenvalue weighted by molar-refractivity contribution is 7.98. The summed E-state index contributed by atoms with van der Waals surface area (Å²) in [7, 11) is 0. The Morgan fingerprint density at radius 2 is 1.88 bits per heavy atom. The first-order valence-corrected chi connectivity index (χ1v) is 10.4. The van der Waals surface area contributed by atoms with Gasteiger partial charge < -0.3 is 9.80 Å². The van der Waals surface area contributed by atoms with E-state index >= 15 is 0 Å². The zero-order valence-corrected chi connectivity index (χ0v) is 15.9. The quantitative estimate of drug-likeness (QED) is 0.616. The van der Waals surface area contributed by atoms with Gasteiger partial charge in [-0.1, -0.05) is 36.0 Å². The van der Waals surface area contributed by atoms with Crippen LogP contribution < -0.4 is 4.90 Å². The Kier molecular flexibility index (Phi) is 5.11. The number of nitrogens with zero attached hydrogens (tertiary/aromatic N) is 4. The van der Waals surface area contributed by atoms with Crippen molar-refractivity contribution in [2.24, 2.45) is 5.92 Å². The van der Waals surface area contributed by atoms with Crippen molar-refractivity contribution in [1.82, 2.24) is 14.9 Å². The number of hydrogen-bond donors (Lipinski definition) is 0. The molecular formula is C20H24N4OS. The molecule has 1 aromatic carbocycles. The van der Waals surface area contributed by atoms with Crippen molar-refractivity contribution in [2.75, 3.05) is 30.8 Å². The third kappa shape index (κ3) is 3.56. The van der Waals surface area contributed by atoms with Crippen LogP contribution in [0, 0.1) is 5.92 Å². The number of thioether (sulfide) groups is 1. The molecule has 0 bridgehead atoms. The van der Waals surface area contributed by atoms with Crippen molar-refractivity contribution in [2.45, 2.75) is 31.0 Å². The lowest BCUT2D eigenvalue weighted by Crippen LogP contribution is -2.44. The van der Waals surface area contributed by atoms with Gasteiger partial charge in [0.25, 0.3) is 0 Å². The third-order valence-electron chi connectivity index (χ3n) is 5.41. The Balaban J connectivity index is 1.37. The summed E-state index contributed by atoms with van der Waals surface area (Å²) in [5, 5.41) is 0.799. The van der Waals surface area contributed by atoms with Crippen molar-refractivity contribution in [3.8, 4) is 0 Å². The van der Waals surface area contributed by atoms with Crippen LogP contribution in [0.4, 0.5) is 5.82 Å². The lowest BCUT2D eigenvalue weighted by molar-refractivity contribution is -0.137. The Morgan fingerprint density at radius 3 is 2.65 bits per heavy atom. The maximum absolute atomic E-state index is 13.0. The molecule has 0 spiro atoms. The summed E-state index contributed by atoms with van der Waals surface area (Å²) >= 11 is 1.56. The van der Waals surface area contributed by atoms with Crippen molar-refractivity contribution < 1.29 is 4.79 Å². The van der Waals surface area contributed by atoms with Crippen LogP contribution in [0.1, 0.15) is 24.0 Å². The van der Waals surface area contributed by atoms with Crippen molar-refractivity contribution in [3.05, 3.63) is 47.7 Å². The van der Waals surface area contributed by atoms with Gasteiger partial charge in [0, 0.05) is 38.3 Å². The second-order valence-electron chi connectivity index (χ2n) is 6.94. The van der Waals surface area contributed by atoms with E-state index < -0.39 is 0 Å². The number of carbonyl (C=O) groups is 1. The van der Waals surface area contributed by atoms with Gasteiger partial charge in [-0.2, -0.15) is 0 Å². The summed E-state index contributed by atoms with van der Waals surface area (Å²) in [6, 6.07) is 10.4. The average Bonchev–Trinajstić information content (AvgIpc) is 2.73. The van der Waals surface area contributed by atoms with Gasteiger partial charge in [-0.3, -0.25) is 4.79 Å². The molecule has 6 heteroatoms. The first-order valence-electron chi connectivity index (χ1n) is 9.22. The fourth-order valence-corrected chi connectivity index (χ4v) is 4.25. The SMILES string of the molecule is CSc1nccc(N2CCC(C(=O)N3CCc4ccccc4C3)CC2)n1. The van der Waals surface area contributed by atoms with Crippen LogP contribution in [0.25, 0.3) is 0 Å². The number of piperidine rings is 1. The molecule has 1 fully saturated rings. The lowest BCUT2D eigenvalue weighted by atomic mass is 9.93. The first kappa shape index (κ1) is 17.3. The predicted octanol–water partition coefficient (Wildman–Crippen LogP) is 3.00. The summed E-state index contributed by atoms with van der Waals surface area (Å²) in [4.78, 5) is 26.1. The highest BCUT2D eigenvalue weighted by Crippen LogP contribution is 2.26. The number of amides is 1. The van der Waals surface area contributed by atoms with Gasteiger partial charge in [0.1, 0.15) is 5.82 Å². The average molecular weight is 369 g/mol. The Morgan fingerprint density at radius 1 is 1.12 bits per heavy atom. The number of fused-ring (bicyclic) bond motifs is 1. The van der Waals surface area contributed by atoms with Crippen LogP contribution in [0.15, 0.2) is 41.7 Å². The Bertz CT molecular complexity index is 789. The second kappa shape index (κ2) is 7.66.